The Balaban J connectivity index is 4.75. The van der Waals surface area contributed by atoms with Gasteiger partial charge in [0, 0.05) is 25.4 Å². The van der Waals surface area contributed by atoms with Crippen LogP contribution >= 0.6 is 0 Å². The molecule has 0 heterocycles. The van der Waals surface area contributed by atoms with Gasteiger partial charge in [-0.25, -0.2) is 0 Å². The van der Waals surface area contributed by atoms with Crippen molar-refractivity contribution in [3.8, 4) is 0 Å². The molecule has 0 aliphatic rings. The van der Waals surface area contributed by atoms with Crippen LogP contribution in [0.4, 0.5) is 0 Å². The van der Waals surface area contributed by atoms with E-state index in [9.17, 15) is 4.79 Å². The van der Waals surface area contributed by atoms with Gasteiger partial charge < -0.3 is 4.90 Å². The van der Waals surface area contributed by atoms with E-state index in [1.807, 2.05) is 6.92 Å². The molecule has 13 heavy (non-hydrogen) atoms. The first-order chi connectivity index (χ1) is 6.02. The van der Waals surface area contributed by atoms with Crippen LogP contribution in [0.1, 0.15) is 13.8 Å². The van der Waals surface area contributed by atoms with E-state index in [0.717, 1.165) is 5.70 Å². The van der Waals surface area contributed by atoms with Gasteiger partial charge >= 0.3 is 0 Å². The predicted molar refractivity (Wildman–Crippen MR) is 55.8 cm³/mol. The average Bonchev–Trinajstić information content (AvgIpc) is 2.12. The molecule has 0 aliphatic heterocycles. The quantitative estimate of drug-likeness (QED) is 0.369. The highest BCUT2D eigenvalue weighted by atomic mass is 16.2. The molecule has 0 aromatic rings. The van der Waals surface area contributed by atoms with Crippen LogP contribution in [0, 0.1) is 0 Å². The number of likely N-dealkylation sites (N-methyl/N-ethyl adjacent to an activating group) is 1. The Labute approximate surface area is 79.5 Å². The maximum atomic E-state index is 11.5. The van der Waals surface area contributed by atoms with Crippen molar-refractivity contribution in [3.05, 3.63) is 23.4 Å². The first-order valence-electron chi connectivity index (χ1n) is 4.06. The van der Waals surface area contributed by atoms with Crippen molar-refractivity contribution in [2.24, 2.45) is 4.99 Å². The molecule has 0 aliphatic carbocycles. The molecule has 0 aromatic heterocycles. The highest BCUT2D eigenvalue weighted by molar-refractivity contribution is 5.95. The van der Waals surface area contributed by atoms with Crippen molar-refractivity contribution in [2.75, 3.05) is 14.1 Å². The zero-order chi connectivity index (χ0) is 10.4. The molecule has 72 valence electrons. The summed E-state index contributed by atoms with van der Waals surface area (Å²) in [5.41, 5.74) is 1.37. The molecule has 0 saturated heterocycles. The number of rotatable bonds is 3. The van der Waals surface area contributed by atoms with Crippen LogP contribution in [0.3, 0.4) is 0 Å². The maximum absolute atomic E-state index is 11.5. The van der Waals surface area contributed by atoms with Crippen LogP contribution in [0.2, 0.25) is 0 Å². The van der Waals surface area contributed by atoms with Gasteiger partial charge in [-0.2, -0.15) is 0 Å². The van der Waals surface area contributed by atoms with Gasteiger partial charge in [0.2, 0.25) is 0 Å². The summed E-state index contributed by atoms with van der Waals surface area (Å²) in [5, 5.41) is 0. The summed E-state index contributed by atoms with van der Waals surface area (Å²) in [6, 6.07) is 0. The second-order valence-corrected chi connectivity index (χ2v) is 2.89. The van der Waals surface area contributed by atoms with E-state index >= 15 is 0 Å². The zero-order valence-electron chi connectivity index (χ0n) is 8.66. The minimum atomic E-state index is -0.0227. The second kappa shape index (κ2) is 5.30. The molecule has 0 atom stereocenters. The van der Waals surface area contributed by atoms with E-state index < -0.39 is 0 Å². The van der Waals surface area contributed by atoms with Crippen molar-refractivity contribution >= 4 is 12.6 Å². The van der Waals surface area contributed by atoms with Gasteiger partial charge in [0.05, 0.1) is 0 Å². The first kappa shape index (κ1) is 11.6. The van der Waals surface area contributed by atoms with Gasteiger partial charge in [-0.1, -0.05) is 6.08 Å². The molecular weight excluding hydrogens is 164 g/mol. The summed E-state index contributed by atoms with van der Waals surface area (Å²) in [6.45, 7) is 7.01. The third kappa shape index (κ3) is 3.69. The van der Waals surface area contributed by atoms with Gasteiger partial charge in [-0.05, 0) is 26.6 Å². The Morgan fingerprint density at radius 2 is 2.00 bits per heavy atom. The zero-order valence-corrected chi connectivity index (χ0v) is 8.66. The Morgan fingerprint density at radius 1 is 1.46 bits per heavy atom. The van der Waals surface area contributed by atoms with E-state index in [4.69, 9.17) is 0 Å². The number of hydrogen-bond donors (Lipinski definition) is 0. The van der Waals surface area contributed by atoms with Gasteiger partial charge in [0.25, 0.3) is 5.91 Å². The largest absolute Gasteiger partial charge is 0.345 e. The maximum Gasteiger partial charge on any atom is 0.253 e. The molecule has 0 radical (unpaired) electrons. The van der Waals surface area contributed by atoms with Crippen molar-refractivity contribution in [2.45, 2.75) is 13.8 Å². The topological polar surface area (TPSA) is 32.7 Å². The number of hydrogen-bond acceptors (Lipinski definition) is 2. The molecule has 0 unspecified atom stereocenters. The summed E-state index contributed by atoms with van der Waals surface area (Å²) in [5.74, 6) is -0.0227. The normalized spacial score (nSPS) is 12.6. The van der Waals surface area contributed by atoms with Gasteiger partial charge in [0.15, 0.2) is 0 Å². The second-order valence-electron chi connectivity index (χ2n) is 2.89. The highest BCUT2D eigenvalue weighted by Crippen LogP contribution is 2.05. The Morgan fingerprint density at radius 3 is 2.31 bits per heavy atom. The molecule has 0 fully saturated rings. The van der Waals surface area contributed by atoms with E-state index in [-0.39, 0.29) is 5.91 Å². The molecular formula is C10H16N2O. The fraction of sp³-hybridized carbons (Fsp3) is 0.400. The Bertz CT molecular complexity index is 262. The van der Waals surface area contributed by atoms with Crippen molar-refractivity contribution < 1.29 is 4.79 Å². The number of carbonyl (C=O) groups excluding carboxylic acids is 1. The van der Waals surface area contributed by atoms with E-state index in [2.05, 4.69) is 11.7 Å². The lowest BCUT2D eigenvalue weighted by atomic mass is 10.2. The third-order valence-electron chi connectivity index (χ3n) is 1.58. The third-order valence-corrected chi connectivity index (χ3v) is 1.58. The van der Waals surface area contributed by atoms with Crippen molar-refractivity contribution in [1.82, 2.24) is 4.90 Å². The molecule has 0 bridgehead atoms. The smallest absolute Gasteiger partial charge is 0.253 e. The summed E-state index contributed by atoms with van der Waals surface area (Å²) < 4.78 is 0. The fourth-order valence-corrected chi connectivity index (χ4v) is 0.797. The molecule has 0 N–H and O–H groups in total. The number of carbonyl (C=O) groups is 1. The molecule has 0 spiro atoms. The number of allylic oxidation sites excluding steroid dienone is 2. The van der Waals surface area contributed by atoms with Crippen LogP contribution in [0.5, 0.6) is 0 Å². The molecule has 0 rings (SSSR count). The minimum Gasteiger partial charge on any atom is -0.345 e. The van der Waals surface area contributed by atoms with Gasteiger partial charge in [-0.15, -0.1) is 0 Å². The van der Waals surface area contributed by atoms with Crippen LogP contribution in [-0.4, -0.2) is 31.6 Å². The number of amides is 1. The highest BCUT2D eigenvalue weighted by Gasteiger charge is 2.07. The van der Waals surface area contributed by atoms with Gasteiger partial charge in [-0.3, -0.25) is 9.79 Å². The van der Waals surface area contributed by atoms with Gasteiger partial charge in [0.1, 0.15) is 0 Å². The molecule has 1 amide bonds. The number of nitrogens with zero attached hydrogens (tertiary/aromatic N) is 2. The standard InChI is InChI=1S/C10H16N2O/c1-6-9(7-8(2)11-3)10(13)12(4)5/h6-7H,3H2,1-2,4-5H3/b8-7-,9-6+. The Kier molecular flexibility index (Phi) is 4.74. The van der Waals surface area contributed by atoms with Crippen molar-refractivity contribution in [3.63, 3.8) is 0 Å². The fourth-order valence-electron chi connectivity index (χ4n) is 0.797. The van der Waals surface area contributed by atoms with Crippen molar-refractivity contribution in [1.29, 1.82) is 0 Å². The number of aliphatic imine (C=N–C) groups is 1. The SMILES string of the molecule is C=N/C(C)=C\C(=C/C)C(=O)N(C)C. The van der Waals surface area contributed by atoms with Crippen LogP contribution < -0.4 is 0 Å². The lowest BCUT2D eigenvalue weighted by Gasteiger charge is -2.10. The first-order valence-corrected chi connectivity index (χ1v) is 4.06. The lowest BCUT2D eigenvalue weighted by molar-refractivity contribution is -0.124. The predicted octanol–water partition coefficient (Wildman–Crippen LogP) is 1.63. The van der Waals surface area contributed by atoms with E-state index in [1.54, 1.807) is 33.2 Å². The summed E-state index contributed by atoms with van der Waals surface area (Å²) in [7, 11) is 3.44. The van der Waals surface area contributed by atoms with E-state index in [1.165, 1.54) is 4.90 Å². The van der Waals surface area contributed by atoms with Crippen LogP contribution in [0.25, 0.3) is 0 Å². The summed E-state index contributed by atoms with van der Waals surface area (Å²) in [4.78, 5) is 16.7. The molecule has 0 saturated carbocycles. The van der Waals surface area contributed by atoms with E-state index in [0.29, 0.717) is 5.57 Å². The summed E-state index contributed by atoms with van der Waals surface area (Å²) >= 11 is 0. The average molecular weight is 180 g/mol. The molecule has 3 heteroatoms. The van der Waals surface area contributed by atoms with Crippen LogP contribution in [-0.2, 0) is 4.79 Å². The molecule has 3 nitrogen and oxygen atoms in total. The Hall–Kier alpha value is -1.38. The summed E-state index contributed by atoms with van der Waals surface area (Å²) in [6.07, 6.45) is 3.48. The van der Waals surface area contributed by atoms with Crippen LogP contribution in [0.15, 0.2) is 28.4 Å². The lowest BCUT2D eigenvalue weighted by Crippen LogP contribution is -2.22. The minimum absolute atomic E-state index is 0.0227. The molecule has 0 aromatic carbocycles. The monoisotopic (exact) mass is 180 g/mol.